The van der Waals surface area contributed by atoms with E-state index in [2.05, 4.69) is 18.0 Å². The summed E-state index contributed by atoms with van der Waals surface area (Å²) in [7, 11) is 0. The summed E-state index contributed by atoms with van der Waals surface area (Å²) >= 11 is 0. The van der Waals surface area contributed by atoms with E-state index in [1.54, 1.807) is 27.0 Å². The quantitative estimate of drug-likeness (QED) is 0.286. The average Bonchev–Trinajstić information content (AvgIpc) is 2.78. The molecule has 0 spiro atoms. The second-order valence-corrected chi connectivity index (χ2v) is 9.83. The minimum Gasteiger partial charge on any atom is -0.392 e. The van der Waals surface area contributed by atoms with E-state index in [4.69, 9.17) is 5.73 Å². The minimum atomic E-state index is -1.09. The van der Waals surface area contributed by atoms with Crippen molar-refractivity contribution in [2.45, 2.75) is 85.5 Å². The first-order valence-electron chi connectivity index (χ1n) is 11.8. The normalized spacial score (nSPS) is 17.7. The molecule has 0 aliphatic heterocycles. The number of nitrogens with two attached hydrogens (primary N) is 1. The Hall–Kier alpha value is -2.15. The Morgan fingerprint density at radius 3 is 2.45 bits per heavy atom. The Labute approximate surface area is 199 Å². The summed E-state index contributed by atoms with van der Waals surface area (Å²) in [5.74, 6) is -0.926. The van der Waals surface area contributed by atoms with Crippen molar-refractivity contribution in [3.05, 3.63) is 47.3 Å². The van der Waals surface area contributed by atoms with Crippen molar-refractivity contribution in [1.82, 2.24) is 4.98 Å². The first-order valence-corrected chi connectivity index (χ1v) is 11.8. The van der Waals surface area contributed by atoms with Gasteiger partial charge in [-0.2, -0.15) is 0 Å². The van der Waals surface area contributed by atoms with E-state index in [9.17, 15) is 19.8 Å². The maximum absolute atomic E-state index is 12.9. The predicted octanol–water partition coefficient (Wildman–Crippen LogP) is 4.11. The molecule has 0 fully saturated rings. The molecule has 0 radical (unpaired) electrons. The van der Waals surface area contributed by atoms with Crippen molar-refractivity contribution >= 4 is 18.1 Å². The molecule has 6 heteroatoms. The number of aliphatic hydroxyl groups is 2. The lowest BCUT2D eigenvalue weighted by molar-refractivity contribution is -0.142. The van der Waals surface area contributed by atoms with Crippen molar-refractivity contribution < 1.29 is 19.8 Å². The number of ketones is 1. The van der Waals surface area contributed by atoms with E-state index >= 15 is 0 Å². The third kappa shape index (κ3) is 8.95. The maximum Gasteiger partial charge on any atom is 0.146 e. The zero-order valence-corrected chi connectivity index (χ0v) is 21.0. The van der Waals surface area contributed by atoms with Gasteiger partial charge in [0.05, 0.1) is 23.3 Å². The van der Waals surface area contributed by atoms with Gasteiger partial charge in [0.25, 0.3) is 0 Å². The molecule has 0 aromatic carbocycles. The minimum absolute atomic E-state index is 0.0739. The van der Waals surface area contributed by atoms with Gasteiger partial charge in [0.2, 0.25) is 0 Å². The van der Waals surface area contributed by atoms with E-state index in [0.29, 0.717) is 6.29 Å². The van der Waals surface area contributed by atoms with E-state index in [0.717, 1.165) is 30.5 Å². The molecule has 0 aliphatic rings. The highest BCUT2D eigenvalue weighted by Gasteiger charge is 2.40. The van der Waals surface area contributed by atoms with Crippen molar-refractivity contribution in [1.29, 1.82) is 0 Å². The molecule has 0 aliphatic carbocycles. The number of nitrogens with zero attached hydrogens (tertiary/aromatic N) is 1. The van der Waals surface area contributed by atoms with Gasteiger partial charge in [-0.3, -0.25) is 9.78 Å². The summed E-state index contributed by atoms with van der Waals surface area (Å²) in [6, 6.07) is 5.57. The highest BCUT2D eigenvalue weighted by Crippen LogP contribution is 2.31. The van der Waals surface area contributed by atoms with E-state index < -0.39 is 23.5 Å². The van der Waals surface area contributed by atoms with Gasteiger partial charge in [-0.15, -0.1) is 0 Å². The van der Waals surface area contributed by atoms with Crippen LogP contribution in [0, 0.1) is 17.3 Å². The number of pyridine rings is 1. The lowest BCUT2D eigenvalue weighted by atomic mass is 9.73. The van der Waals surface area contributed by atoms with E-state index in [1.807, 2.05) is 38.1 Å². The predicted molar refractivity (Wildman–Crippen MR) is 133 cm³/mol. The second kappa shape index (κ2) is 13.5. The Morgan fingerprint density at radius 2 is 1.88 bits per heavy atom. The van der Waals surface area contributed by atoms with Gasteiger partial charge < -0.3 is 20.7 Å². The number of carbonyl (C=O) groups is 2. The third-order valence-corrected chi connectivity index (χ3v) is 6.58. The lowest BCUT2D eigenvalue weighted by Gasteiger charge is -2.34. The highest BCUT2D eigenvalue weighted by molar-refractivity contribution is 5.87. The molecule has 0 bridgehead atoms. The van der Waals surface area contributed by atoms with Crippen molar-refractivity contribution in [2.75, 3.05) is 0 Å². The van der Waals surface area contributed by atoms with Crippen molar-refractivity contribution in [3.63, 3.8) is 0 Å². The van der Waals surface area contributed by atoms with Crippen LogP contribution in [0.1, 0.15) is 72.9 Å². The van der Waals surface area contributed by atoms with E-state index in [1.165, 1.54) is 5.57 Å². The molecule has 5 atom stereocenters. The molecule has 1 heterocycles. The molecule has 33 heavy (non-hydrogen) atoms. The number of rotatable bonds is 14. The number of Topliss-reactive ketones (excluding diaryl/α,β-unsaturated/α-hetero) is 1. The summed E-state index contributed by atoms with van der Waals surface area (Å²) in [6.45, 7) is 10.9. The molecule has 1 rings (SSSR count). The SMILES string of the molecule is C/C(=C/C(N)/C(C)=C/c1ccccn1)CCCC(C)C(O)C(C)C(=O)C(C)(C)C(O)CC=O. The summed E-state index contributed by atoms with van der Waals surface area (Å²) in [4.78, 5) is 27.9. The largest absolute Gasteiger partial charge is 0.392 e. The van der Waals surface area contributed by atoms with Gasteiger partial charge in [-0.1, -0.05) is 51.0 Å². The van der Waals surface area contributed by atoms with Crippen molar-refractivity contribution in [3.8, 4) is 0 Å². The van der Waals surface area contributed by atoms with Crippen LogP contribution in [0.15, 0.2) is 41.6 Å². The first kappa shape index (κ1) is 28.9. The van der Waals surface area contributed by atoms with Gasteiger partial charge >= 0.3 is 0 Å². The summed E-state index contributed by atoms with van der Waals surface area (Å²) in [5, 5.41) is 20.9. The second-order valence-electron chi connectivity index (χ2n) is 9.83. The van der Waals surface area contributed by atoms with Gasteiger partial charge in [0, 0.05) is 24.6 Å². The Bertz CT molecular complexity index is 817. The third-order valence-electron chi connectivity index (χ3n) is 6.58. The number of carbonyl (C=O) groups excluding carboxylic acids is 2. The van der Waals surface area contributed by atoms with Gasteiger partial charge in [-0.25, -0.2) is 0 Å². The zero-order chi connectivity index (χ0) is 25.2. The average molecular weight is 459 g/mol. The Balaban J connectivity index is 2.60. The number of allylic oxidation sites excluding steroid dienone is 1. The summed E-state index contributed by atoms with van der Waals surface area (Å²) < 4.78 is 0. The van der Waals surface area contributed by atoms with Crippen LogP contribution >= 0.6 is 0 Å². The molecule has 6 nitrogen and oxygen atoms in total. The number of aromatic nitrogens is 1. The maximum atomic E-state index is 12.9. The van der Waals surface area contributed by atoms with Crippen LogP contribution in [0.25, 0.3) is 6.08 Å². The zero-order valence-electron chi connectivity index (χ0n) is 21.0. The van der Waals surface area contributed by atoms with Crippen LogP contribution in [0.2, 0.25) is 0 Å². The molecule has 1 aromatic heterocycles. The van der Waals surface area contributed by atoms with Gasteiger partial charge in [-0.05, 0) is 57.2 Å². The molecule has 0 saturated carbocycles. The summed E-state index contributed by atoms with van der Waals surface area (Å²) in [6.07, 6.45) is 6.93. The molecule has 5 unspecified atom stereocenters. The van der Waals surface area contributed by atoms with Gasteiger partial charge in [0.1, 0.15) is 12.1 Å². The van der Waals surface area contributed by atoms with Crippen LogP contribution in [0.5, 0.6) is 0 Å². The monoisotopic (exact) mass is 458 g/mol. The van der Waals surface area contributed by atoms with E-state index in [-0.39, 0.29) is 24.2 Å². The molecule has 184 valence electrons. The molecule has 4 N–H and O–H groups in total. The first-order chi connectivity index (χ1) is 15.4. The molecule has 0 saturated heterocycles. The molecular weight excluding hydrogens is 416 g/mol. The molecular formula is C27H42N2O4. The topological polar surface area (TPSA) is 114 Å². The van der Waals surface area contributed by atoms with Crippen LogP contribution < -0.4 is 5.73 Å². The lowest BCUT2D eigenvalue weighted by Crippen LogP contribution is -2.44. The smallest absolute Gasteiger partial charge is 0.146 e. The fraction of sp³-hybridized carbons (Fsp3) is 0.593. The molecule has 1 aromatic rings. The fourth-order valence-electron chi connectivity index (χ4n) is 3.97. The van der Waals surface area contributed by atoms with Gasteiger partial charge in [0.15, 0.2) is 0 Å². The Morgan fingerprint density at radius 1 is 1.21 bits per heavy atom. The number of aliphatic hydroxyl groups excluding tert-OH is 2. The van der Waals surface area contributed by atoms with Crippen LogP contribution in [-0.4, -0.2) is 45.5 Å². The number of hydrogen-bond donors (Lipinski definition) is 3. The Kier molecular flexibility index (Phi) is 11.8. The fourth-order valence-corrected chi connectivity index (χ4v) is 3.97. The van der Waals surface area contributed by atoms with Crippen LogP contribution in [0.3, 0.4) is 0 Å². The van der Waals surface area contributed by atoms with Crippen LogP contribution in [0.4, 0.5) is 0 Å². The number of hydrogen-bond acceptors (Lipinski definition) is 6. The van der Waals surface area contributed by atoms with Crippen molar-refractivity contribution in [2.24, 2.45) is 23.0 Å². The standard InChI is InChI=1S/C27H42N2O4/c1-18(16-23(28)20(3)17-22-12-7-8-14-29-22)10-9-11-19(2)25(32)21(4)26(33)27(5,6)24(31)13-15-30/h7-8,12,14-17,19,21,23-25,31-32H,9-11,13,28H2,1-6H3/b18-16-,20-17+. The van der Waals surface area contributed by atoms with Crippen LogP contribution in [-0.2, 0) is 9.59 Å². The summed E-state index contributed by atoms with van der Waals surface area (Å²) in [5.41, 5.74) is 8.32. The highest BCUT2D eigenvalue weighted by atomic mass is 16.3. The number of aldehydes is 1. The molecule has 0 amide bonds.